The van der Waals surface area contributed by atoms with Crippen LogP contribution in [-0.2, 0) is 18.0 Å². The van der Waals surface area contributed by atoms with Crippen molar-refractivity contribution in [2.45, 2.75) is 38.3 Å². The Morgan fingerprint density at radius 3 is 2.55 bits per heavy atom. The molecule has 0 aliphatic carbocycles. The van der Waals surface area contributed by atoms with Gasteiger partial charge in [0, 0.05) is 33.4 Å². The monoisotopic (exact) mass is 303 g/mol. The van der Waals surface area contributed by atoms with Gasteiger partial charge in [-0.05, 0) is 38.3 Å². The Morgan fingerprint density at radius 2 is 1.90 bits per heavy atom. The lowest BCUT2D eigenvalue weighted by molar-refractivity contribution is -0.0304. The van der Waals surface area contributed by atoms with Gasteiger partial charge in [0.25, 0.3) is 0 Å². The van der Waals surface area contributed by atoms with Crippen molar-refractivity contribution in [3.05, 3.63) is 0 Å². The lowest BCUT2D eigenvalue weighted by atomic mass is 9.99. The van der Waals surface area contributed by atoms with Gasteiger partial charge in [-0.25, -0.2) is 0 Å². The average Bonchev–Trinajstić information content (AvgIpc) is 2.44. The third kappa shape index (κ3) is 4.51. The fraction of sp³-hybridized carbons (Fsp3) is 1.00. The fourth-order valence-electron chi connectivity index (χ4n) is 2.96. The van der Waals surface area contributed by atoms with E-state index in [9.17, 15) is 0 Å². The molecule has 0 amide bonds. The van der Waals surface area contributed by atoms with Gasteiger partial charge >= 0.3 is 8.80 Å². The third-order valence-corrected chi connectivity index (χ3v) is 7.28. The van der Waals surface area contributed by atoms with Crippen molar-refractivity contribution in [3.8, 4) is 0 Å². The maximum atomic E-state index is 6.23. The molecule has 1 unspecified atom stereocenters. The first-order valence-corrected chi connectivity index (χ1v) is 9.69. The predicted molar refractivity (Wildman–Crippen MR) is 79.7 cm³/mol. The summed E-state index contributed by atoms with van der Waals surface area (Å²) in [6.45, 7) is 7.01. The van der Waals surface area contributed by atoms with Gasteiger partial charge < -0.3 is 22.9 Å². The van der Waals surface area contributed by atoms with Gasteiger partial charge in [0.15, 0.2) is 0 Å². The lowest BCUT2D eigenvalue weighted by Gasteiger charge is -2.37. The SMILES string of the molecule is CO[Si]1(OC)CCCOCC(CN2CCC(C)CC2)O1. The third-order valence-electron chi connectivity index (χ3n) is 4.38. The van der Waals surface area contributed by atoms with Crippen LogP contribution < -0.4 is 0 Å². The highest BCUT2D eigenvalue weighted by Gasteiger charge is 2.42. The van der Waals surface area contributed by atoms with E-state index in [0.29, 0.717) is 6.61 Å². The van der Waals surface area contributed by atoms with Gasteiger partial charge in [0.2, 0.25) is 0 Å². The summed E-state index contributed by atoms with van der Waals surface area (Å²) >= 11 is 0. The summed E-state index contributed by atoms with van der Waals surface area (Å²) in [6, 6.07) is 0.841. The number of piperidine rings is 1. The Labute approximate surface area is 123 Å². The van der Waals surface area contributed by atoms with E-state index in [4.69, 9.17) is 18.0 Å². The Kier molecular flexibility index (Phi) is 6.44. The molecule has 0 aromatic heterocycles. The maximum absolute atomic E-state index is 6.23. The summed E-state index contributed by atoms with van der Waals surface area (Å²) in [5.74, 6) is 0.854. The van der Waals surface area contributed by atoms with Crippen LogP contribution in [0.2, 0.25) is 6.04 Å². The van der Waals surface area contributed by atoms with Crippen LogP contribution in [0, 0.1) is 5.92 Å². The quantitative estimate of drug-likeness (QED) is 0.740. The van der Waals surface area contributed by atoms with Crippen molar-refractivity contribution in [3.63, 3.8) is 0 Å². The molecule has 0 saturated carbocycles. The normalized spacial score (nSPS) is 29.9. The molecule has 20 heavy (non-hydrogen) atoms. The standard InChI is InChI=1S/C14H29NO4Si/c1-13-5-7-15(8-6-13)11-14-12-18-9-4-10-20(16-2,17-3)19-14/h13-14H,4-12H2,1-3H3. The molecule has 118 valence electrons. The second-order valence-corrected chi connectivity index (χ2v) is 8.91. The van der Waals surface area contributed by atoms with Crippen molar-refractivity contribution in [2.75, 3.05) is 47.1 Å². The van der Waals surface area contributed by atoms with E-state index < -0.39 is 8.80 Å². The molecular formula is C14H29NO4Si. The maximum Gasteiger partial charge on any atom is 0.500 e. The minimum Gasteiger partial charge on any atom is -0.379 e. The number of hydrogen-bond acceptors (Lipinski definition) is 5. The summed E-state index contributed by atoms with van der Waals surface area (Å²) in [4.78, 5) is 2.49. The molecule has 2 saturated heterocycles. The van der Waals surface area contributed by atoms with Gasteiger partial charge in [0.05, 0.1) is 12.7 Å². The summed E-state index contributed by atoms with van der Waals surface area (Å²) < 4.78 is 23.2. The van der Waals surface area contributed by atoms with Crippen LogP contribution in [0.3, 0.4) is 0 Å². The molecule has 2 fully saturated rings. The van der Waals surface area contributed by atoms with Crippen LogP contribution in [-0.4, -0.2) is 66.9 Å². The minimum absolute atomic E-state index is 0.0651. The topological polar surface area (TPSA) is 40.2 Å². The van der Waals surface area contributed by atoms with Crippen molar-refractivity contribution in [1.29, 1.82) is 0 Å². The summed E-state index contributed by atoms with van der Waals surface area (Å²) in [6.07, 6.45) is 3.58. The molecule has 5 nitrogen and oxygen atoms in total. The largest absolute Gasteiger partial charge is 0.500 e. The molecule has 0 N–H and O–H groups in total. The predicted octanol–water partition coefficient (Wildman–Crippen LogP) is 1.76. The van der Waals surface area contributed by atoms with E-state index >= 15 is 0 Å². The first kappa shape index (κ1) is 16.4. The smallest absolute Gasteiger partial charge is 0.379 e. The van der Waals surface area contributed by atoms with Gasteiger partial charge in [-0.15, -0.1) is 0 Å². The molecule has 0 aromatic rings. The molecule has 0 radical (unpaired) electrons. The van der Waals surface area contributed by atoms with Crippen LogP contribution in [0.1, 0.15) is 26.2 Å². The van der Waals surface area contributed by atoms with Gasteiger partial charge in [-0.3, -0.25) is 0 Å². The molecule has 2 aliphatic heterocycles. The van der Waals surface area contributed by atoms with E-state index in [1.807, 2.05) is 0 Å². The Balaban J connectivity index is 1.90. The number of hydrogen-bond donors (Lipinski definition) is 0. The molecule has 1 atom stereocenters. The number of likely N-dealkylation sites (tertiary alicyclic amines) is 1. The van der Waals surface area contributed by atoms with E-state index in [-0.39, 0.29) is 6.10 Å². The molecular weight excluding hydrogens is 274 g/mol. The van der Waals surface area contributed by atoms with E-state index in [1.165, 1.54) is 12.8 Å². The van der Waals surface area contributed by atoms with Crippen LogP contribution in [0.4, 0.5) is 0 Å². The van der Waals surface area contributed by atoms with Gasteiger partial charge in [-0.1, -0.05) is 6.92 Å². The highest BCUT2D eigenvalue weighted by Crippen LogP contribution is 2.23. The fourth-order valence-corrected chi connectivity index (χ4v) is 5.07. The molecule has 0 spiro atoms. The zero-order valence-electron chi connectivity index (χ0n) is 13.1. The Hall–Kier alpha value is 0.0169. The van der Waals surface area contributed by atoms with Crippen molar-refractivity contribution in [2.24, 2.45) is 5.92 Å². The summed E-state index contributed by atoms with van der Waals surface area (Å²) in [5.41, 5.74) is 0. The minimum atomic E-state index is -2.48. The summed E-state index contributed by atoms with van der Waals surface area (Å²) in [5, 5.41) is 0. The van der Waals surface area contributed by atoms with Crippen molar-refractivity contribution < 1.29 is 18.0 Å². The number of ether oxygens (including phenoxy) is 1. The van der Waals surface area contributed by atoms with Gasteiger partial charge in [0.1, 0.15) is 0 Å². The first-order chi connectivity index (χ1) is 9.67. The summed E-state index contributed by atoms with van der Waals surface area (Å²) in [7, 11) is 0.931. The Morgan fingerprint density at radius 1 is 1.20 bits per heavy atom. The van der Waals surface area contributed by atoms with E-state index in [2.05, 4.69) is 11.8 Å². The van der Waals surface area contributed by atoms with E-state index in [1.54, 1.807) is 14.2 Å². The molecule has 2 rings (SSSR count). The average molecular weight is 303 g/mol. The van der Waals surface area contributed by atoms with Crippen LogP contribution in [0.25, 0.3) is 0 Å². The molecule has 2 heterocycles. The number of nitrogens with zero attached hydrogens (tertiary/aromatic N) is 1. The van der Waals surface area contributed by atoms with Crippen molar-refractivity contribution in [1.82, 2.24) is 4.90 Å². The van der Waals surface area contributed by atoms with Crippen LogP contribution in [0.5, 0.6) is 0 Å². The lowest BCUT2D eigenvalue weighted by Crippen LogP contribution is -2.52. The second kappa shape index (κ2) is 7.86. The van der Waals surface area contributed by atoms with E-state index in [0.717, 1.165) is 44.6 Å². The highest BCUT2D eigenvalue weighted by molar-refractivity contribution is 6.60. The highest BCUT2D eigenvalue weighted by atomic mass is 28.4. The van der Waals surface area contributed by atoms with Gasteiger partial charge in [-0.2, -0.15) is 0 Å². The molecule has 6 heteroatoms. The Bertz CT molecular complexity index is 280. The molecule has 2 aliphatic rings. The zero-order valence-corrected chi connectivity index (χ0v) is 14.1. The first-order valence-electron chi connectivity index (χ1n) is 7.75. The second-order valence-electron chi connectivity index (χ2n) is 5.99. The molecule has 0 aromatic carbocycles. The molecule has 0 bridgehead atoms. The van der Waals surface area contributed by atoms with Crippen molar-refractivity contribution >= 4 is 8.80 Å². The van der Waals surface area contributed by atoms with Crippen LogP contribution in [0.15, 0.2) is 0 Å². The zero-order chi connectivity index (χ0) is 14.4. The number of rotatable bonds is 4. The van der Waals surface area contributed by atoms with Crippen LogP contribution >= 0.6 is 0 Å².